The van der Waals surface area contributed by atoms with E-state index in [1.165, 1.54) is 0 Å². The summed E-state index contributed by atoms with van der Waals surface area (Å²) >= 11 is 0. The van der Waals surface area contributed by atoms with Crippen LogP contribution in [0.2, 0.25) is 0 Å². The SMILES string of the molecule is COc1ccc(-c2noc(CCCC(=O)N[C@H](CC(C)C)C(=O)O)n2)cc1. The lowest BCUT2D eigenvalue weighted by Crippen LogP contribution is -2.41. The Morgan fingerprint density at radius 2 is 1.96 bits per heavy atom. The van der Waals surface area contributed by atoms with Gasteiger partial charge in [0, 0.05) is 18.4 Å². The third-order valence-corrected chi connectivity index (χ3v) is 3.95. The van der Waals surface area contributed by atoms with Crippen molar-refractivity contribution < 1.29 is 24.0 Å². The number of nitrogens with zero attached hydrogens (tertiary/aromatic N) is 2. The summed E-state index contributed by atoms with van der Waals surface area (Å²) < 4.78 is 10.3. The van der Waals surface area contributed by atoms with Crippen LogP contribution in [-0.4, -0.2) is 40.3 Å². The van der Waals surface area contributed by atoms with Crippen LogP contribution in [0.25, 0.3) is 11.4 Å². The van der Waals surface area contributed by atoms with Crippen LogP contribution < -0.4 is 10.1 Å². The molecule has 0 unspecified atom stereocenters. The van der Waals surface area contributed by atoms with Gasteiger partial charge < -0.3 is 19.7 Å². The van der Waals surface area contributed by atoms with Crippen molar-refractivity contribution in [2.45, 2.75) is 45.6 Å². The number of carboxylic acid groups (broad SMARTS) is 1. The fraction of sp³-hybridized carbons (Fsp3) is 0.474. The maximum absolute atomic E-state index is 12.0. The van der Waals surface area contributed by atoms with E-state index in [4.69, 9.17) is 14.4 Å². The van der Waals surface area contributed by atoms with Crippen LogP contribution in [0, 0.1) is 5.92 Å². The van der Waals surface area contributed by atoms with Crippen molar-refractivity contribution >= 4 is 11.9 Å². The predicted molar refractivity (Wildman–Crippen MR) is 98.2 cm³/mol. The summed E-state index contributed by atoms with van der Waals surface area (Å²) in [5, 5.41) is 15.7. The number of aryl methyl sites for hydroxylation is 1. The Hall–Kier alpha value is -2.90. The molecule has 0 radical (unpaired) electrons. The van der Waals surface area contributed by atoms with Crippen molar-refractivity contribution in [1.82, 2.24) is 15.5 Å². The molecule has 0 saturated heterocycles. The summed E-state index contributed by atoms with van der Waals surface area (Å²) in [7, 11) is 1.60. The zero-order valence-corrected chi connectivity index (χ0v) is 15.8. The summed E-state index contributed by atoms with van der Waals surface area (Å²) in [6.07, 6.45) is 1.53. The highest BCUT2D eigenvalue weighted by molar-refractivity contribution is 5.83. The fourth-order valence-electron chi connectivity index (χ4n) is 2.57. The van der Waals surface area contributed by atoms with Gasteiger partial charge in [0.05, 0.1) is 7.11 Å². The van der Waals surface area contributed by atoms with Gasteiger partial charge in [-0.1, -0.05) is 19.0 Å². The highest BCUT2D eigenvalue weighted by Crippen LogP contribution is 2.20. The smallest absolute Gasteiger partial charge is 0.326 e. The third-order valence-electron chi connectivity index (χ3n) is 3.95. The number of carboxylic acids is 1. The van der Waals surface area contributed by atoms with Crippen molar-refractivity contribution in [2.75, 3.05) is 7.11 Å². The monoisotopic (exact) mass is 375 g/mol. The highest BCUT2D eigenvalue weighted by Gasteiger charge is 2.20. The van der Waals surface area contributed by atoms with E-state index in [-0.39, 0.29) is 18.2 Å². The Labute approximate surface area is 157 Å². The first-order valence-electron chi connectivity index (χ1n) is 8.88. The topological polar surface area (TPSA) is 115 Å². The molecule has 0 aliphatic rings. The molecule has 0 aliphatic carbocycles. The number of nitrogens with one attached hydrogen (secondary N) is 1. The van der Waals surface area contributed by atoms with Gasteiger partial charge in [0.15, 0.2) is 0 Å². The molecule has 8 nitrogen and oxygen atoms in total. The largest absolute Gasteiger partial charge is 0.497 e. The van der Waals surface area contributed by atoms with Gasteiger partial charge in [-0.3, -0.25) is 4.79 Å². The number of aliphatic carboxylic acids is 1. The highest BCUT2D eigenvalue weighted by atomic mass is 16.5. The maximum atomic E-state index is 12.0. The van der Waals surface area contributed by atoms with Crippen LogP contribution in [-0.2, 0) is 16.0 Å². The number of methoxy groups -OCH3 is 1. The molecular weight excluding hydrogens is 350 g/mol. The van der Waals surface area contributed by atoms with Gasteiger partial charge in [0.2, 0.25) is 17.6 Å². The molecule has 1 aromatic heterocycles. The van der Waals surface area contributed by atoms with Crippen molar-refractivity contribution in [3.63, 3.8) is 0 Å². The molecule has 1 heterocycles. The minimum atomic E-state index is -1.02. The molecule has 0 bridgehead atoms. The molecule has 0 fully saturated rings. The molecule has 0 saturated carbocycles. The summed E-state index contributed by atoms with van der Waals surface area (Å²) in [6.45, 7) is 3.83. The van der Waals surface area contributed by atoms with Gasteiger partial charge in [-0.15, -0.1) is 0 Å². The van der Waals surface area contributed by atoms with Crippen molar-refractivity contribution in [1.29, 1.82) is 0 Å². The van der Waals surface area contributed by atoms with Crippen molar-refractivity contribution in [3.8, 4) is 17.1 Å². The van der Waals surface area contributed by atoms with Gasteiger partial charge >= 0.3 is 5.97 Å². The lowest BCUT2D eigenvalue weighted by atomic mass is 10.0. The average molecular weight is 375 g/mol. The fourth-order valence-corrected chi connectivity index (χ4v) is 2.57. The van der Waals surface area contributed by atoms with E-state index in [1.54, 1.807) is 7.11 Å². The van der Waals surface area contributed by atoms with Crippen molar-refractivity contribution in [3.05, 3.63) is 30.2 Å². The van der Waals surface area contributed by atoms with E-state index >= 15 is 0 Å². The number of amides is 1. The number of ether oxygens (including phenoxy) is 1. The van der Waals surface area contributed by atoms with Crippen LogP contribution in [0.15, 0.2) is 28.8 Å². The first kappa shape index (κ1) is 20.4. The molecule has 0 spiro atoms. The lowest BCUT2D eigenvalue weighted by molar-refractivity contribution is -0.142. The Balaban J connectivity index is 1.82. The summed E-state index contributed by atoms with van der Waals surface area (Å²) in [6, 6.07) is 6.43. The van der Waals surface area contributed by atoms with Crippen LogP contribution in [0.4, 0.5) is 0 Å². The normalized spacial score (nSPS) is 12.0. The van der Waals surface area contributed by atoms with Gasteiger partial charge in [0.1, 0.15) is 11.8 Å². The Morgan fingerprint density at radius 3 is 2.56 bits per heavy atom. The molecule has 2 rings (SSSR count). The van der Waals surface area contributed by atoms with E-state index in [0.29, 0.717) is 31.0 Å². The molecule has 1 atom stereocenters. The number of hydrogen-bond donors (Lipinski definition) is 2. The zero-order valence-electron chi connectivity index (χ0n) is 15.8. The van der Waals surface area contributed by atoms with E-state index in [1.807, 2.05) is 38.1 Å². The molecule has 1 amide bonds. The zero-order chi connectivity index (χ0) is 19.8. The molecule has 2 N–H and O–H groups in total. The lowest BCUT2D eigenvalue weighted by Gasteiger charge is -2.16. The number of carbonyl (C=O) groups is 2. The molecule has 8 heteroatoms. The quantitative estimate of drug-likeness (QED) is 0.656. The number of rotatable bonds is 10. The minimum Gasteiger partial charge on any atom is -0.497 e. The predicted octanol–water partition coefficient (Wildman–Crippen LogP) is 2.68. The van der Waals surface area contributed by atoms with Crippen LogP contribution in [0.1, 0.15) is 39.0 Å². The van der Waals surface area contributed by atoms with Crippen molar-refractivity contribution in [2.24, 2.45) is 5.92 Å². The molecule has 0 aliphatic heterocycles. The summed E-state index contributed by atoms with van der Waals surface area (Å²) in [5.41, 5.74) is 0.807. The van der Waals surface area contributed by atoms with Gasteiger partial charge in [-0.25, -0.2) is 4.79 Å². The van der Waals surface area contributed by atoms with E-state index < -0.39 is 12.0 Å². The third kappa shape index (κ3) is 6.40. The molecule has 2 aromatic rings. The van der Waals surface area contributed by atoms with E-state index in [9.17, 15) is 9.59 Å². The molecule has 146 valence electrons. The summed E-state index contributed by atoms with van der Waals surface area (Å²) in [4.78, 5) is 27.5. The van der Waals surface area contributed by atoms with E-state index in [2.05, 4.69) is 15.5 Å². The molecular formula is C19H25N3O5. The number of aromatic nitrogens is 2. The maximum Gasteiger partial charge on any atom is 0.326 e. The number of hydrogen-bond acceptors (Lipinski definition) is 6. The van der Waals surface area contributed by atoms with Gasteiger partial charge in [-0.05, 0) is 43.0 Å². The number of carbonyl (C=O) groups excluding carboxylic acids is 1. The minimum absolute atomic E-state index is 0.182. The average Bonchev–Trinajstić information content (AvgIpc) is 3.09. The first-order chi connectivity index (χ1) is 12.9. The first-order valence-corrected chi connectivity index (χ1v) is 8.88. The second-order valence-electron chi connectivity index (χ2n) is 6.68. The van der Waals surface area contributed by atoms with Crippen LogP contribution in [0.3, 0.4) is 0 Å². The standard InChI is InChI=1S/C19H25N3O5/c1-12(2)11-15(19(24)25)20-16(23)5-4-6-17-21-18(22-27-17)13-7-9-14(26-3)10-8-13/h7-10,12,15H,4-6,11H2,1-3H3,(H,20,23)(H,24,25)/t15-/m1/s1. The Bertz CT molecular complexity index is 755. The van der Waals surface area contributed by atoms with Crippen LogP contribution >= 0.6 is 0 Å². The molecule has 1 aromatic carbocycles. The second-order valence-corrected chi connectivity index (χ2v) is 6.68. The molecule has 27 heavy (non-hydrogen) atoms. The Morgan fingerprint density at radius 1 is 1.26 bits per heavy atom. The van der Waals surface area contributed by atoms with Gasteiger partial charge in [0.25, 0.3) is 0 Å². The second kappa shape index (κ2) is 9.70. The van der Waals surface area contributed by atoms with Gasteiger partial charge in [-0.2, -0.15) is 4.98 Å². The van der Waals surface area contributed by atoms with E-state index in [0.717, 1.165) is 11.3 Å². The summed E-state index contributed by atoms with van der Waals surface area (Å²) in [5.74, 6) is 0.522. The Kier molecular flexibility index (Phi) is 7.34. The van der Waals surface area contributed by atoms with Crippen LogP contribution in [0.5, 0.6) is 5.75 Å². The number of benzene rings is 1.